The summed E-state index contributed by atoms with van der Waals surface area (Å²) in [6.45, 7) is 1.92. The number of rotatable bonds is 9. The number of anilines is 1. The maximum Gasteiger partial charge on any atom is 0.268 e. The molecule has 0 bridgehead atoms. The Morgan fingerprint density at radius 2 is 2.06 bits per heavy atom. The first-order chi connectivity index (χ1) is 16.6. The molecule has 3 aromatic rings. The molecule has 0 fully saturated rings. The highest BCUT2D eigenvalue weighted by atomic mass is 35.5. The van der Waals surface area contributed by atoms with Crippen LogP contribution in [0.2, 0.25) is 5.02 Å². The van der Waals surface area contributed by atoms with Crippen LogP contribution in [0.5, 0.6) is 11.5 Å². The van der Waals surface area contributed by atoms with Gasteiger partial charge in [-0.3, -0.25) is 10.1 Å². The predicted molar refractivity (Wildman–Crippen MR) is 129 cm³/mol. The maximum atomic E-state index is 13.9. The molecule has 0 aliphatic carbocycles. The van der Waals surface area contributed by atoms with Crippen molar-refractivity contribution in [2.45, 2.75) is 18.7 Å². The number of carbonyl (C=O) groups is 1. The zero-order chi connectivity index (χ0) is 25.6. The second kappa shape index (κ2) is 11.3. The van der Waals surface area contributed by atoms with Crippen molar-refractivity contribution in [3.05, 3.63) is 63.9 Å². The number of nitriles is 1. The summed E-state index contributed by atoms with van der Waals surface area (Å²) >= 11 is 7.04. The number of ether oxygens (including phenoxy) is 2. The molecule has 0 atom stereocenters. The average molecular weight is 537 g/mol. The van der Waals surface area contributed by atoms with Gasteiger partial charge in [-0.2, -0.15) is 14.6 Å². The molecular formula is C22H18ClFN4O5S2. The lowest BCUT2D eigenvalue weighted by atomic mass is 10.1. The fourth-order valence-corrected chi connectivity index (χ4v) is 4.44. The molecular weight excluding hydrogens is 519 g/mol. The van der Waals surface area contributed by atoms with Gasteiger partial charge >= 0.3 is 0 Å². The molecule has 0 unspecified atom stereocenters. The highest BCUT2D eigenvalue weighted by Crippen LogP contribution is 2.38. The molecule has 0 saturated carbocycles. The van der Waals surface area contributed by atoms with Gasteiger partial charge in [-0.25, -0.2) is 12.8 Å². The number of halogens is 2. The van der Waals surface area contributed by atoms with Gasteiger partial charge in [0, 0.05) is 23.4 Å². The topological polar surface area (TPSA) is 131 Å². The molecule has 1 aromatic heterocycles. The largest absolute Gasteiger partial charge is 0.490 e. The van der Waals surface area contributed by atoms with Crippen LogP contribution in [-0.2, 0) is 21.2 Å². The lowest BCUT2D eigenvalue weighted by molar-refractivity contribution is -0.112. The summed E-state index contributed by atoms with van der Waals surface area (Å²) in [5.74, 6) is -0.830. The summed E-state index contributed by atoms with van der Waals surface area (Å²) in [5.41, 5.74) is 0.381. The summed E-state index contributed by atoms with van der Waals surface area (Å²) < 4.78 is 51.9. The summed E-state index contributed by atoms with van der Waals surface area (Å²) in [6.07, 6.45) is 2.20. The van der Waals surface area contributed by atoms with Crippen LogP contribution in [0.1, 0.15) is 18.1 Å². The zero-order valence-electron chi connectivity index (χ0n) is 18.4. The number of nitrogens with one attached hydrogen (secondary N) is 1. The van der Waals surface area contributed by atoms with E-state index in [2.05, 4.69) is 14.7 Å². The van der Waals surface area contributed by atoms with Crippen molar-refractivity contribution in [2.24, 2.45) is 0 Å². The van der Waals surface area contributed by atoms with Crippen LogP contribution in [0.3, 0.4) is 0 Å². The second-order valence-corrected chi connectivity index (χ2v) is 9.99. The monoisotopic (exact) mass is 536 g/mol. The van der Waals surface area contributed by atoms with Crippen LogP contribution in [0.4, 0.5) is 9.52 Å². The standard InChI is InChI=1S/C22H18ClFN4O5S2/c1-3-32-18-10-13(9-16(23)19(18)33-12-14-6-4-5-7-17(14)24)8-15(11-25)20(29)26-21-27-22(28-34-21)35(2,30)31/h4-10H,3,12H2,1-2H3,(H,26,27,28,29)/b15-8-. The number of carbonyl (C=O) groups excluding carboxylic acids is 1. The quantitative estimate of drug-likeness (QED) is 0.317. The molecule has 3 rings (SSSR count). The highest BCUT2D eigenvalue weighted by Gasteiger charge is 2.19. The third kappa shape index (κ3) is 6.75. The van der Waals surface area contributed by atoms with Crippen molar-refractivity contribution >= 4 is 50.1 Å². The maximum absolute atomic E-state index is 13.9. The van der Waals surface area contributed by atoms with Crippen LogP contribution in [-0.4, -0.2) is 36.5 Å². The molecule has 0 radical (unpaired) electrons. The van der Waals surface area contributed by atoms with Crippen molar-refractivity contribution in [3.8, 4) is 17.6 Å². The Morgan fingerprint density at radius 1 is 1.31 bits per heavy atom. The Kier molecular flexibility index (Phi) is 8.39. The normalized spacial score (nSPS) is 11.6. The highest BCUT2D eigenvalue weighted by molar-refractivity contribution is 7.90. The van der Waals surface area contributed by atoms with E-state index >= 15 is 0 Å². The van der Waals surface area contributed by atoms with Crippen LogP contribution >= 0.6 is 23.1 Å². The number of sulfone groups is 1. The first-order valence-electron chi connectivity index (χ1n) is 9.91. The minimum atomic E-state index is -3.64. The zero-order valence-corrected chi connectivity index (χ0v) is 20.8. The second-order valence-electron chi connectivity index (χ2n) is 6.92. The molecule has 0 spiro atoms. The van der Waals surface area contributed by atoms with Crippen molar-refractivity contribution in [3.63, 3.8) is 0 Å². The van der Waals surface area contributed by atoms with Crippen molar-refractivity contribution in [1.82, 2.24) is 9.36 Å². The Morgan fingerprint density at radius 3 is 2.69 bits per heavy atom. The number of hydrogen-bond donors (Lipinski definition) is 1. The van der Waals surface area contributed by atoms with Gasteiger partial charge < -0.3 is 9.47 Å². The van der Waals surface area contributed by atoms with Gasteiger partial charge in [0.05, 0.1) is 11.6 Å². The summed E-state index contributed by atoms with van der Waals surface area (Å²) in [7, 11) is -3.64. The van der Waals surface area contributed by atoms with E-state index in [0.29, 0.717) is 22.7 Å². The van der Waals surface area contributed by atoms with Gasteiger partial charge in [0.1, 0.15) is 24.1 Å². The number of benzene rings is 2. The van der Waals surface area contributed by atoms with E-state index in [1.165, 1.54) is 24.3 Å². The molecule has 2 aromatic carbocycles. The molecule has 1 amide bonds. The Hall–Kier alpha value is -3.53. The molecule has 1 N–H and O–H groups in total. The van der Waals surface area contributed by atoms with Crippen LogP contribution < -0.4 is 14.8 Å². The van der Waals surface area contributed by atoms with Gasteiger partial charge in [-0.1, -0.05) is 29.8 Å². The van der Waals surface area contributed by atoms with E-state index in [1.54, 1.807) is 31.2 Å². The van der Waals surface area contributed by atoms with Crippen LogP contribution in [0, 0.1) is 17.1 Å². The van der Waals surface area contributed by atoms with Crippen molar-refractivity contribution in [1.29, 1.82) is 5.26 Å². The average Bonchev–Trinajstić information content (AvgIpc) is 3.27. The van der Waals surface area contributed by atoms with Gasteiger partial charge in [-0.05, 0) is 36.8 Å². The smallest absolute Gasteiger partial charge is 0.268 e. The van der Waals surface area contributed by atoms with Gasteiger partial charge in [0.15, 0.2) is 11.5 Å². The number of amides is 1. The first-order valence-corrected chi connectivity index (χ1v) is 13.0. The Labute approximate surface area is 209 Å². The van der Waals surface area contributed by atoms with E-state index in [1.807, 2.05) is 0 Å². The molecule has 9 nitrogen and oxygen atoms in total. The van der Waals surface area contributed by atoms with E-state index in [-0.39, 0.29) is 40.4 Å². The molecule has 182 valence electrons. The summed E-state index contributed by atoms with van der Waals surface area (Å²) in [5, 5.41) is 11.4. The third-order valence-electron chi connectivity index (χ3n) is 4.30. The molecule has 0 saturated heterocycles. The number of aromatic nitrogens is 2. The minimum absolute atomic E-state index is 0.0819. The van der Waals surface area contributed by atoms with Crippen LogP contribution in [0.15, 0.2) is 47.1 Å². The van der Waals surface area contributed by atoms with E-state index in [9.17, 15) is 22.9 Å². The molecule has 1 heterocycles. The van der Waals surface area contributed by atoms with Gasteiger partial charge in [0.25, 0.3) is 11.1 Å². The molecule has 13 heteroatoms. The number of nitrogens with zero attached hydrogens (tertiary/aromatic N) is 3. The minimum Gasteiger partial charge on any atom is -0.490 e. The number of hydrogen-bond acceptors (Lipinski definition) is 9. The lowest BCUT2D eigenvalue weighted by Crippen LogP contribution is -2.13. The van der Waals surface area contributed by atoms with Crippen molar-refractivity contribution < 1.29 is 27.1 Å². The summed E-state index contributed by atoms with van der Waals surface area (Å²) in [4.78, 5) is 16.3. The van der Waals surface area contributed by atoms with Crippen LogP contribution in [0.25, 0.3) is 6.08 Å². The fourth-order valence-electron chi connectivity index (χ4n) is 2.73. The Balaban J connectivity index is 1.85. The lowest BCUT2D eigenvalue weighted by Gasteiger charge is -2.15. The van der Waals surface area contributed by atoms with E-state index < -0.39 is 26.7 Å². The van der Waals surface area contributed by atoms with Crippen molar-refractivity contribution in [2.75, 3.05) is 18.2 Å². The molecule has 35 heavy (non-hydrogen) atoms. The third-order valence-corrected chi connectivity index (χ3v) is 6.17. The van der Waals surface area contributed by atoms with Gasteiger partial charge in [-0.15, -0.1) is 0 Å². The molecule has 0 aliphatic rings. The predicted octanol–water partition coefficient (Wildman–Crippen LogP) is 4.26. The Bertz CT molecular complexity index is 1430. The summed E-state index contributed by atoms with van der Waals surface area (Å²) in [6, 6.07) is 10.9. The molecule has 0 aliphatic heterocycles. The first kappa shape index (κ1) is 26.1. The fraction of sp³-hybridized carbons (Fsp3) is 0.182. The van der Waals surface area contributed by atoms with E-state index in [4.69, 9.17) is 21.1 Å². The van der Waals surface area contributed by atoms with E-state index in [0.717, 1.165) is 6.26 Å². The van der Waals surface area contributed by atoms with Gasteiger partial charge in [0.2, 0.25) is 15.0 Å². The SMILES string of the molecule is CCOc1cc(/C=C(/C#N)C(=O)Nc2nc(S(C)(=O)=O)ns2)cc(Cl)c1OCc1ccccc1F.